The third-order valence-corrected chi connectivity index (χ3v) is 4.75. The largest absolute Gasteiger partial charge is 0.338 e. The fourth-order valence-electron chi connectivity index (χ4n) is 3.50. The molecule has 1 atom stereocenters. The highest BCUT2D eigenvalue weighted by Crippen LogP contribution is 2.36. The topological polar surface area (TPSA) is 61.0 Å². The van der Waals surface area contributed by atoms with Crippen molar-refractivity contribution < 1.29 is 4.79 Å². The van der Waals surface area contributed by atoms with Gasteiger partial charge in [-0.1, -0.05) is 6.07 Å². The number of rotatable bonds is 1. The van der Waals surface area contributed by atoms with Crippen LogP contribution in [0.2, 0.25) is 0 Å². The Morgan fingerprint density at radius 2 is 2.30 bits per heavy atom. The van der Waals surface area contributed by atoms with Crippen molar-refractivity contribution in [2.24, 2.45) is 5.41 Å². The summed E-state index contributed by atoms with van der Waals surface area (Å²) in [6.07, 6.45) is 4.09. The van der Waals surface area contributed by atoms with E-state index in [1.807, 2.05) is 23.1 Å². The van der Waals surface area contributed by atoms with Crippen molar-refractivity contribution in [2.75, 3.05) is 26.2 Å². The molecule has 1 unspecified atom stereocenters. The van der Waals surface area contributed by atoms with Crippen LogP contribution in [0.5, 0.6) is 0 Å². The van der Waals surface area contributed by atoms with Gasteiger partial charge in [-0.3, -0.25) is 9.89 Å². The lowest BCUT2D eigenvalue weighted by atomic mass is 9.86. The highest BCUT2D eigenvalue weighted by Gasteiger charge is 2.41. The van der Waals surface area contributed by atoms with Gasteiger partial charge in [0.25, 0.3) is 5.91 Å². The van der Waals surface area contributed by atoms with Gasteiger partial charge in [0, 0.05) is 36.0 Å². The van der Waals surface area contributed by atoms with Crippen LogP contribution < -0.4 is 5.32 Å². The number of carbonyl (C=O) groups is 1. The summed E-state index contributed by atoms with van der Waals surface area (Å²) in [5, 5.41) is 11.4. The lowest BCUT2D eigenvalue weighted by molar-refractivity contribution is 0.0776. The first-order valence-electron chi connectivity index (χ1n) is 7.19. The number of carbonyl (C=O) groups excluding carboxylic acids is 1. The summed E-state index contributed by atoms with van der Waals surface area (Å²) in [7, 11) is 0. The molecular weight excluding hydrogens is 252 g/mol. The van der Waals surface area contributed by atoms with Crippen molar-refractivity contribution in [3.05, 3.63) is 30.0 Å². The Morgan fingerprint density at radius 3 is 3.15 bits per heavy atom. The molecule has 5 heteroatoms. The van der Waals surface area contributed by atoms with E-state index < -0.39 is 0 Å². The van der Waals surface area contributed by atoms with Gasteiger partial charge in [0.15, 0.2) is 0 Å². The van der Waals surface area contributed by atoms with Gasteiger partial charge in [-0.15, -0.1) is 0 Å². The van der Waals surface area contributed by atoms with Crippen LogP contribution in [0.25, 0.3) is 10.9 Å². The summed E-state index contributed by atoms with van der Waals surface area (Å²) < 4.78 is 0. The number of likely N-dealkylation sites (tertiary alicyclic amines) is 1. The molecule has 1 aromatic heterocycles. The molecule has 2 saturated heterocycles. The monoisotopic (exact) mass is 270 g/mol. The smallest absolute Gasteiger partial charge is 0.253 e. The first-order chi connectivity index (χ1) is 9.76. The van der Waals surface area contributed by atoms with Gasteiger partial charge in [-0.25, -0.2) is 0 Å². The highest BCUT2D eigenvalue weighted by atomic mass is 16.2. The summed E-state index contributed by atoms with van der Waals surface area (Å²) in [5.41, 5.74) is 2.00. The quantitative estimate of drug-likeness (QED) is 0.823. The predicted molar refractivity (Wildman–Crippen MR) is 76.5 cm³/mol. The molecule has 4 rings (SSSR count). The molecule has 0 bridgehead atoms. The number of H-pyrrole nitrogens is 1. The molecule has 2 aliphatic heterocycles. The van der Waals surface area contributed by atoms with E-state index in [9.17, 15) is 4.79 Å². The number of hydrogen-bond donors (Lipinski definition) is 2. The van der Waals surface area contributed by atoms with Gasteiger partial charge in [0.05, 0.1) is 11.7 Å². The van der Waals surface area contributed by atoms with Gasteiger partial charge in [-0.2, -0.15) is 5.10 Å². The number of hydrogen-bond acceptors (Lipinski definition) is 3. The van der Waals surface area contributed by atoms with E-state index in [0.29, 0.717) is 5.41 Å². The van der Waals surface area contributed by atoms with Gasteiger partial charge < -0.3 is 10.2 Å². The Balaban J connectivity index is 1.57. The van der Waals surface area contributed by atoms with E-state index >= 15 is 0 Å². The van der Waals surface area contributed by atoms with Crippen molar-refractivity contribution in [3.8, 4) is 0 Å². The minimum atomic E-state index is 0.144. The molecule has 1 amide bonds. The first kappa shape index (κ1) is 11.9. The molecule has 2 aromatic rings. The zero-order valence-electron chi connectivity index (χ0n) is 11.4. The third kappa shape index (κ3) is 1.81. The lowest BCUT2D eigenvalue weighted by Gasteiger charge is -2.22. The average molecular weight is 270 g/mol. The zero-order valence-corrected chi connectivity index (χ0v) is 11.4. The molecule has 0 radical (unpaired) electrons. The van der Waals surface area contributed by atoms with Crippen molar-refractivity contribution in [2.45, 2.75) is 12.8 Å². The van der Waals surface area contributed by atoms with Crippen LogP contribution in [0.3, 0.4) is 0 Å². The predicted octanol–water partition coefficient (Wildman–Crippen LogP) is 1.39. The Morgan fingerprint density at radius 1 is 1.35 bits per heavy atom. The average Bonchev–Trinajstić information content (AvgIpc) is 3.19. The molecule has 5 nitrogen and oxygen atoms in total. The second kappa shape index (κ2) is 4.31. The highest BCUT2D eigenvalue weighted by molar-refractivity contribution is 5.97. The number of benzene rings is 1. The second-order valence-electron chi connectivity index (χ2n) is 6.08. The molecule has 2 fully saturated rings. The molecular formula is C15H18N4O. The molecule has 0 saturated carbocycles. The number of nitrogens with zero attached hydrogens (tertiary/aromatic N) is 2. The number of amides is 1. The molecule has 0 aliphatic carbocycles. The lowest BCUT2D eigenvalue weighted by Crippen LogP contribution is -2.33. The first-order valence-corrected chi connectivity index (χ1v) is 7.19. The Labute approximate surface area is 117 Å². The summed E-state index contributed by atoms with van der Waals surface area (Å²) >= 11 is 0. The fraction of sp³-hybridized carbons (Fsp3) is 0.467. The van der Waals surface area contributed by atoms with Crippen molar-refractivity contribution in [3.63, 3.8) is 0 Å². The van der Waals surface area contributed by atoms with Gasteiger partial charge in [0.1, 0.15) is 0 Å². The van der Waals surface area contributed by atoms with Crippen molar-refractivity contribution in [1.29, 1.82) is 0 Å². The Hall–Kier alpha value is -1.88. The SMILES string of the molecule is O=C(c1ccc2cn[nH]c2c1)N1CCC2(CCNC2)C1. The van der Waals surface area contributed by atoms with Gasteiger partial charge >= 0.3 is 0 Å². The minimum absolute atomic E-state index is 0.144. The van der Waals surface area contributed by atoms with Gasteiger partial charge in [0.2, 0.25) is 0 Å². The molecule has 20 heavy (non-hydrogen) atoms. The fourth-order valence-corrected chi connectivity index (χ4v) is 3.50. The maximum absolute atomic E-state index is 12.6. The minimum Gasteiger partial charge on any atom is -0.338 e. The summed E-state index contributed by atoms with van der Waals surface area (Å²) in [6.45, 7) is 3.90. The van der Waals surface area contributed by atoms with E-state index in [4.69, 9.17) is 0 Å². The summed E-state index contributed by atoms with van der Waals surface area (Å²) in [6, 6.07) is 5.76. The summed E-state index contributed by atoms with van der Waals surface area (Å²) in [5.74, 6) is 0.144. The van der Waals surface area contributed by atoms with E-state index in [1.54, 1.807) is 6.20 Å². The molecule has 104 valence electrons. The second-order valence-corrected chi connectivity index (χ2v) is 6.08. The molecule has 2 aliphatic rings. The third-order valence-electron chi connectivity index (χ3n) is 4.75. The molecule has 3 heterocycles. The van der Waals surface area contributed by atoms with E-state index in [-0.39, 0.29) is 5.91 Å². The van der Waals surface area contributed by atoms with Gasteiger partial charge in [-0.05, 0) is 31.5 Å². The van der Waals surface area contributed by atoms with E-state index in [1.165, 1.54) is 6.42 Å². The van der Waals surface area contributed by atoms with E-state index in [2.05, 4.69) is 15.5 Å². The number of aromatic amines is 1. The van der Waals surface area contributed by atoms with Crippen molar-refractivity contribution >= 4 is 16.8 Å². The Kier molecular flexibility index (Phi) is 2.57. The molecule has 1 spiro atoms. The van der Waals surface area contributed by atoms with Crippen LogP contribution in [0.4, 0.5) is 0 Å². The maximum Gasteiger partial charge on any atom is 0.253 e. The zero-order chi connectivity index (χ0) is 13.6. The van der Waals surface area contributed by atoms with Crippen LogP contribution in [0.15, 0.2) is 24.4 Å². The summed E-state index contributed by atoms with van der Waals surface area (Å²) in [4.78, 5) is 14.6. The molecule has 1 aromatic carbocycles. The van der Waals surface area contributed by atoms with Crippen LogP contribution in [-0.4, -0.2) is 47.2 Å². The van der Waals surface area contributed by atoms with Crippen molar-refractivity contribution in [1.82, 2.24) is 20.4 Å². The number of aromatic nitrogens is 2. The number of nitrogens with one attached hydrogen (secondary N) is 2. The number of fused-ring (bicyclic) bond motifs is 1. The standard InChI is InChI=1S/C15H18N4O/c20-14(11-1-2-12-8-17-18-13(12)7-11)19-6-4-15(10-19)3-5-16-9-15/h1-2,7-8,16H,3-6,9-10H2,(H,17,18). The van der Waals surface area contributed by atoms with E-state index in [0.717, 1.165) is 49.1 Å². The molecule has 2 N–H and O–H groups in total. The Bertz CT molecular complexity index is 657. The van der Waals surface area contributed by atoms with Crippen LogP contribution in [0.1, 0.15) is 23.2 Å². The van der Waals surface area contributed by atoms with Crippen LogP contribution in [-0.2, 0) is 0 Å². The normalized spacial score (nSPS) is 25.9. The van der Waals surface area contributed by atoms with Crippen LogP contribution in [0, 0.1) is 5.41 Å². The van der Waals surface area contributed by atoms with Crippen LogP contribution >= 0.6 is 0 Å². The maximum atomic E-state index is 12.6.